The van der Waals surface area contributed by atoms with E-state index in [9.17, 15) is 4.79 Å². The third kappa shape index (κ3) is 3.21. The molecule has 0 aliphatic rings. The number of hydrogen-bond acceptors (Lipinski definition) is 3. The lowest BCUT2D eigenvalue weighted by molar-refractivity contribution is 0.943. The van der Waals surface area contributed by atoms with Gasteiger partial charge in [0.2, 0.25) is 0 Å². The largest absolute Gasteiger partial charge is 0.268 e. The standard InChI is InChI=1S/C20H13BrN2OS/c21-15-6-8-16(9-7-15)23-19(10-5-14-11-12-25-13-14)22-18-4-2-1-3-17(18)20(23)24/h1-13H/b10-5+. The summed E-state index contributed by atoms with van der Waals surface area (Å²) in [6, 6.07) is 17.1. The van der Waals surface area contributed by atoms with Gasteiger partial charge in [0.05, 0.1) is 16.6 Å². The van der Waals surface area contributed by atoms with Crippen LogP contribution in [0.15, 0.2) is 74.6 Å². The van der Waals surface area contributed by atoms with Gasteiger partial charge in [-0.25, -0.2) is 4.98 Å². The normalized spacial score (nSPS) is 11.4. The second-order valence-electron chi connectivity index (χ2n) is 5.49. The van der Waals surface area contributed by atoms with E-state index in [1.807, 2.05) is 72.1 Å². The molecule has 0 unspecified atom stereocenters. The highest BCUT2D eigenvalue weighted by atomic mass is 79.9. The average molecular weight is 409 g/mol. The van der Waals surface area contributed by atoms with Crippen LogP contribution in [-0.4, -0.2) is 9.55 Å². The van der Waals surface area contributed by atoms with Gasteiger partial charge in [-0.2, -0.15) is 11.3 Å². The molecule has 122 valence electrons. The number of nitrogens with zero attached hydrogens (tertiary/aromatic N) is 2. The first-order valence-electron chi connectivity index (χ1n) is 7.70. The molecule has 0 aliphatic heterocycles. The van der Waals surface area contributed by atoms with E-state index in [1.54, 1.807) is 15.9 Å². The van der Waals surface area contributed by atoms with E-state index in [1.165, 1.54) is 0 Å². The highest BCUT2D eigenvalue weighted by molar-refractivity contribution is 9.10. The van der Waals surface area contributed by atoms with Crippen LogP contribution in [0.5, 0.6) is 0 Å². The Morgan fingerprint density at radius 1 is 1.00 bits per heavy atom. The van der Waals surface area contributed by atoms with Crippen molar-refractivity contribution in [2.75, 3.05) is 0 Å². The topological polar surface area (TPSA) is 34.9 Å². The molecule has 0 bridgehead atoms. The van der Waals surface area contributed by atoms with E-state index < -0.39 is 0 Å². The van der Waals surface area contributed by atoms with Crippen LogP contribution in [0.2, 0.25) is 0 Å². The van der Waals surface area contributed by atoms with E-state index in [2.05, 4.69) is 21.3 Å². The molecule has 2 aromatic carbocycles. The van der Waals surface area contributed by atoms with Crippen molar-refractivity contribution in [3.63, 3.8) is 0 Å². The molecule has 25 heavy (non-hydrogen) atoms. The fourth-order valence-corrected chi connectivity index (χ4v) is 3.53. The van der Waals surface area contributed by atoms with Gasteiger partial charge in [0, 0.05) is 4.47 Å². The maximum absolute atomic E-state index is 13.1. The summed E-state index contributed by atoms with van der Waals surface area (Å²) >= 11 is 5.07. The lowest BCUT2D eigenvalue weighted by Gasteiger charge is -2.11. The molecule has 0 saturated carbocycles. The van der Waals surface area contributed by atoms with Gasteiger partial charge < -0.3 is 0 Å². The van der Waals surface area contributed by atoms with Crippen LogP contribution < -0.4 is 5.56 Å². The molecule has 0 atom stereocenters. The summed E-state index contributed by atoms with van der Waals surface area (Å²) in [7, 11) is 0. The quantitative estimate of drug-likeness (QED) is 0.455. The summed E-state index contributed by atoms with van der Waals surface area (Å²) in [6.07, 6.45) is 3.86. The number of thiophene rings is 1. The van der Waals surface area contributed by atoms with Crippen molar-refractivity contribution in [3.8, 4) is 5.69 Å². The first-order valence-corrected chi connectivity index (χ1v) is 9.44. The Morgan fingerprint density at radius 2 is 1.80 bits per heavy atom. The van der Waals surface area contributed by atoms with Gasteiger partial charge in [0.15, 0.2) is 0 Å². The molecule has 0 fully saturated rings. The lowest BCUT2D eigenvalue weighted by atomic mass is 10.2. The molecule has 0 N–H and O–H groups in total. The number of benzene rings is 2. The van der Waals surface area contributed by atoms with Crippen molar-refractivity contribution >= 4 is 50.3 Å². The van der Waals surface area contributed by atoms with E-state index >= 15 is 0 Å². The Bertz CT molecular complexity index is 1110. The van der Waals surface area contributed by atoms with Gasteiger partial charge >= 0.3 is 0 Å². The SMILES string of the molecule is O=c1c2ccccc2nc(/C=C/c2ccsc2)n1-c1ccc(Br)cc1. The Labute approximate surface area is 157 Å². The fraction of sp³-hybridized carbons (Fsp3) is 0. The molecular formula is C20H13BrN2OS. The van der Waals surface area contributed by atoms with Crippen LogP contribution in [0.3, 0.4) is 0 Å². The molecular weight excluding hydrogens is 396 g/mol. The number of halogens is 1. The highest BCUT2D eigenvalue weighted by Crippen LogP contribution is 2.18. The zero-order valence-corrected chi connectivity index (χ0v) is 15.5. The summed E-state index contributed by atoms with van der Waals surface area (Å²) in [5, 5.41) is 4.69. The third-order valence-electron chi connectivity index (χ3n) is 3.85. The third-order valence-corrected chi connectivity index (χ3v) is 5.08. The molecule has 4 rings (SSSR count). The van der Waals surface area contributed by atoms with Crippen molar-refractivity contribution in [1.82, 2.24) is 9.55 Å². The number of fused-ring (bicyclic) bond motifs is 1. The lowest BCUT2D eigenvalue weighted by Crippen LogP contribution is -2.22. The smallest absolute Gasteiger partial charge is 0.266 e. The molecule has 0 radical (unpaired) electrons. The Kier molecular flexibility index (Phi) is 4.34. The Morgan fingerprint density at radius 3 is 2.56 bits per heavy atom. The molecule has 0 spiro atoms. The monoisotopic (exact) mass is 408 g/mol. The van der Waals surface area contributed by atoms with Crippen molar-refractivity contribution < 1.29 is 0 Å². The summed E-state index contributed by atoms with van der Waals surface area (Å²) in [5.41, 5.74) is 2.51. The highest BCUT2D eigenvalue weighted by Gasteiger charge is 2.10. The Balaban J connectivity index is 1.97. The summed E-state index contributed by atoms with van der Waals surface area (Å²) in [6.45, 7) is 0. The summed E-state index contributed by atoms with van der Waals surface area (Å²) in [5.74, 6) is 0.609. The molecule has 3 nitrogen and oxygen atoms in total. The molecule has 0 amide bonds. The first-order chi connectivity index (χ1) is 12.2. The molecule has 4 aromatic rings. The maximum atomic E-state index is 13.1. The fourth-order valence-electron chi connectivity index (χ4n) is 2.64. The maximum Gasteiger partial charge on any atom is 0.266 e. The van der Waals surface area contributed by atoms with Gasteiger partial charge in [-0.3, -0.25) is 9.36 Å². The van der Waals surface area contributed by atoms with Gasteiger partial charge in [0.25, 0.3) is 5.56 Å². The van der Waals surface area contributed by atoms with Crippen molar-refractivity contribution in [3.05, 3.63) is 91.6 Å². The molecule has 0 aliphatic carbocycles. The second-order valence-corrected chi connectivity index (χ2v) is 7.19. The van der Waals surface area contributed by atoms with E-state index in [-0.39, 0.29) is 5.56 Å². The van der Waals surface area contributed by atoms with Crippen LogP contribution in [0.25, 0.3) is 28.7 Å². The number of aromatic nitrogens is 2. The minimum atomic E-state index is -0.0714. The van der Waals surface area contributed by atoms with E-state index in [4.69, 9.17) is 4.98 Å². The number of hydrogen-bond donors (Lipinski definition) is 0. The molecule has 2 heterocycles. The van der Waals surface area contributed by atoms with Gasteiger partial charge in [-0.15, -0.1) is 0 Å². The van der Waals surface area contributed by atoms with Crippen LogP contribution in [-0.2, 0) is 0 Å². The van der Waals surface area contributed by atoms with Gasteiger partial charge in [-0.05, 0) is 64.9 Å². The minimum Gasteiger partial charge on any atom is -0.268 e. The average Bonchev–Trinajstić information content (AvgIpc) is 3.15. The zero-order chi connectivity index (χ0) is 17.2. The summed E-state index contributed by atoms with van der Waals surface area (Å²) in [4.78, 5) is 17.8. The second kappa shape index (κ2) is 6.78. The Hall–Kier alpha value is -2.50. The number of rotatable bonds is 3. The van der Waals surface area contributed by atoms with Crippen LogP contribution in [0.4, 0.5) is 0 Å². The molecule has 2 aromatic heterocycles. The van der Waals surface area contributed by atoms with Crippen LogP contribution in [0, 0.1) is 0 Å². The van der Waals surface area contributed by atoms with Gasteiger partial charge in [0.1, 0.15) is 5.82 Å². The first kappa shape index (κ1) is 16.0. The molecule has 5 heteroatoms. The minimum absolute atomic E-state index is 0.0714. The predicted octanol–water partition coefficient (Wildman–Crippen LogP) is 5.38. The van der Waals surface area contributed by atoms with E-state index in [0.717, 1.165) is 15.7 Å². The van der Waals surface area contributed by atoms with Crippen molar-refractivity contribution in [2.24, 2.45) is 0 Å². The summed E-state index contributed by atoms with van der Waals surface area (Å²) < 4.78 is 2.62. The van der Waals surface area contributed by atoms with Crippen LogP contribution >= 0.6 is 27.3 Å². The van der Waals surface area contributed by atoms with Crippen molar-refractivity contribution in [2.45, 2.75) is 0 Å². The zero-order valence-electron chi connectivity index (χ0n) is 13.1. The van der Waals surface area contributed by atoms with Crippen molar-refractivity contribution in [1.29, 1.82) is 0 Å². The van der Waals surface area contributed by atoms with Crippen LogP contribution in [0.1, 0.15) is 11.4 Å². The van der Waals surface area contributed by atoms with Gasteiger partial charge in [-0.1, -0.05) is 34.1 Å². The van der Waals surface area contributed by atoms with E-state index in [0.29, 0.717) is 16.7 Å². The predicted molar refractivity (Wildman–Crippen MR) is 108 cm³/mol. The number of para-hydroxylation sites is 1. The molecule has 0 saturated heterocycles.